The normalized spacial score (nSPS) is 14.8. The molecule has 0 radical (unpaired) electrons. The molecule has 0 aliphatic carbocycles. The Balaban J connectivity index is 2.40. The Morgan fingerprint density at radius 1 is 1.42 bits per heavy atom. The largest absolute Gasteiger partial charge is 0.481 e. The number of benzene rings is 1. The fraction of sp³-hybridized carbons (Fsp3) is 0.417. The van der Waals surface area contributed by atoms with E-state index in [-0.39, 0.29) is 18.3 Å². The van der Waals surface area contributed by atoms with Crippen molar-refractivity contribution in [1.29, 1.82) is 0 Å². The number of hydrogen-bond acceptors (Lipinski definition) is 4. The Hall–Kier alpha value is -1.76. The summed E-state index contributed by atoms with van der Waals surface area (Å²) in [6, 6.07) is 5.01. The van der Waals surface area contributed by atoms with Crippen molar-refractivity contribution < 1.29 is 17.9 Å². The minimum atomic E-state index is -3.40. The van der Waals surface area contributed by atoms with Gasteiger partial charge < -0.3 is 9.64 Å². The van der Waals surface area contributed by atoms with Crippen LogP contribution in [0.5, 0.6) is 5.75 Å². The van der Waals surface area contributed by atoms with E-state index in [1.165, 1.54) is 4.90 Å². The van der Waals surface area contributed by atoms with Crippen molar-refractivity contribution in [3.05, 3.63) is 18.2 Å². The van der Waals surface area contributed by atoms with Gasteiger partial charge in [0.05, 0.1) is 11.4 Å². The number of carbonyl (C=O) groups excluding carboxylic acids is 1. The van der Waals surface area contributed by atoms with Crippen LogP contribution in [0.25, 0.3) is 0 Å². The van der Waals surface area contributed by atoms with Gasteiger partial charge in [0, 0.05) is 7.05 Å². The van der Waals surface area contributed by atoms with Crippen LogP contribution in [0.3, 0.4) is 0 Å². The number of anilines is 2. The van der Waals surface area contributed by atoms with Crippen LogP contribution in [0.1, 0.15) is 13.3 Å². The Kier molecular flexibility index (Phi) is 3.66. The maximum absolute atomic E-state index is 11.8. The molecule has 0 bridgehead atoms. The molecule has 1 aromatic carbocycles. The van der Waals surface area contributed by atoms with E-state index in [0.29, 0.717) is 23.5 Å². The van der Waals surface area contributed by atoms with E-state index in [2.05, 4.69) is 4.72 Å². The molecule has 19 heavy (non-hydrogen) atoms. The molecule has 0 saturated heterocycles. The summed E-state index contributed by atoms with van der Waals surface area (Å²) in [6.45, 7) is 1.76. The van der Waals surface area contributed by atoms with E-state index in [4.69, 9.17) is 4.74 Å². The number of sulfonamides is 1. The molecule has 0 spiro atoms. The van der Waals surface area contributed by atoms with E-state index in [1.54, 1.807) is 32.2 Å². The molecule has 7 heteroatoms. The smallest absolute Gasteiger partial charge is 0.264 e. The molecule has 2 rings (SSSR count). The van der Waals surface area contributed by atoms with E-state index in [9.17, 15) is 13.2 Å². The Labute approximate surface area is 112 Å². The van der Waals surface area contributed by atoms with Crippen LogP contribution in [-0.2, 0) is 14.8 Å². The van der Waals surface area contributed by atoms with Crippen molar-refractivity contribution in [3.63, 3.8) is 0 Å². The number of amides is 1. The number of fused-ring (bicyclic) bond motifs is 1. The van der Waals surface area contributed by atoms with Gasteiger partial charge in [-0.1, -0.05) is 13.0 Å². The number of para-hydroxylation sites is 1. The molecule has 104 valence electrons. The van der Waals surface area contributed by atoms with Gasteiger partial charge in [0.1, 0.15) is 11.4 Å². The van der Waals surface area contributed by atoms with Gasteiger partial charge in [-0.05, 0) is 18.6 Å². The van der Waals surface area contributed by atoms with E-state index in [0.717, 1.165) is 0 Å². The van der Waals surface area contributed by atoms with Gasteiger partial charge in [-0.2, -0.15) is 0 Å². The topological polar surface area (TPSA) is 75.7 Å². The predicted octanol–water partition coefficient (Wildman–Crippen LogP) is 1.19. The molecular formula is C12H16N2O4S. The van der Waals surface area contributed by atoms with Crippen molar-refractivity contribution in [1.82, 2.24) is 0 Å². The Morgan fingerprint density at radius 2 is 2.16 bits per heavy atom. The maximum Gasteiger partial charge on any atom is 0.264 e. The lowest BCUT2D eigenvalue weighted by Crippen LogP contribution is -2.36. The van der Waals surface area contributed by atoms with Crippen LogP contribution in [0.15, 0.2) is 18.2 Å². The number of rotatable bonds is 4. The number of nitrogens with zero attached hydrogens (tertiary/aromatic N) is 1. The molecule has 6 nitrogen and oxygen atoms in total. The zero-order chi connectivity index (χ0) is 14.0. The molecule has 1 aliphatic rings. The second-order valence-corrected chi connectivity index (χ2v) is 6.16. The Morgan fingerprint density at radius 3 is 2.84 bits per heavy atom. The summed E-state index contributed by atoms with van der Waals surface area (Å²) < 4.78 is 31.4. The summed E-state index contributed by atoms with van der Waals surface area (Å²) in [5.41, 5.74) is 0.819. The highest BCUT2D eigenvalue weighted by Crippen LogP contribution is 2.38. The fourth-order valence-electron chi connectivity index (χ4n) is 1.92. The average molecular weight is 284 g/mol. The summed E-state index contributed by atoms with van der Waals surface area (Å²) in [6.07, 6.45) is 0.523. The minimum Gasteiger partial charge on any atom is -0.481 e. The molecule has 1 N–H and O–H groups in total. The van der Waals surface area contributed by atoms with Crippen LogP contribution in [0.4, 0.5) is 11.4 Å². The molecular weight excluding hydrogens is 268 g/mol. The number of nitrogens with one attached hydrogen (secondary N) is 1. The van der Waals surface area contributed by atoms with E-state index < -0.39 is 10.0 Å². The van der Waals surface area contributed by atoms with Crippen molar-refractivity contribution in [2.45, 2.75) is 13.3 Å². The first-order chi connectivity index (χ1) is 8.94. The van der Waals surface area contributed by atoms with Gasteiger partial charge in [-0.25, -0.2) is 8.42 Å². The summed E-state index contributed by atoms with van der Waals surface area (Å²) in [4.78, 5) is 13.0. The fourth-order valence-corrected chi connectivity index (χ4v) is 3.05. The maximum atomic E-state index is 11.8. The number of hydrogen-bond donors (Lipinski definition) is 1. The first kappa shape index (κ1) is 13.7. The average Bonchev–Trinajstić information content (AvgIpc) is 2.33. The van der Waals surface area contributed by atoms with Gasteiger partial charge in [0.15, 0.2) is 6.61 Å². The van der Waals surface area contributed by atoms with Gasteiger partial charge in [0.25, 0.3) is 5.91 Å². The first-order valence-corrected chi connectivity index (χ1v) is 7.62. The third kappa shape index (κ3) is 2.81. The van der Waals surface area contributed by atoms with Crippen LogP contribution >= 0.6 is 0 Å². The zero-order valence-corrected chi connectivity index (χ0v) is 11.7. The number of carbonyl (C=O) groups is 1. The first-order valence-electron chi connectivity index (χ1n) is 5.97. The lowest BCUT2D eigenvalue weighted by Gasteiger charge is -2.28. The number of ether oxygens (including phenoxy) is 1. The summed E-state index contributed by atoms with van der Waals surface area (Å²) in [5, 5.41) is 0. The van der Waals surface area contributed by atoms with Crippen molar-refractivity contribution >= 4 is 27.3 Å². The van der Waals surface area contributed by atoms with Gasteiger partial charge in [-0.15, -0.1) is 0 Å². The monoisotopic (exact) mass is 284 g/mol. The zero-order valence-electron chi connectivity index (χ0n) is 10.8. The van der Waals surface area contributed by atoms with Crippen LogP contribution in [0, 0.1) is 0 Å². The molecule has 0 atom stereocenters. The van der Waals surface area contributed by atoms with E-state index >= 15 is 0 Å². The SMILES string of the molecule is CCCS(=O)(=O)Nc1cccc2c1N(C)C(=O)CO2. The third-order valence-electron chi connectivity index (χ3n) is 2.80. The third-order valence-corrected chi connectivity index (χ3v) is 4.27. The highest BCUT2D eigenvalue weighted by atomic mass is 32.2. The van der Waals surface area contributed by atoms with Crippen LogP contribution < -0.4 is 14.4 Å². The molecule has 0 unspecified atom stereocenters. The molecule has 0 saturated carbocycles. The van der Waals surface area contributed by atoms with Gasteiger partial charge in [-0.3, -0.25) is 9.52 Å². The number of likely N-dealkylation sites (N-methyl/N-ethyl adjacent to an activating group) is 1. The highest BCUT2D eigenvalue weighted by molar-refractivity contribution is 7.92. The summed E-state index contributed by atoms with van der Waals surface area (Å²) >= 11 is 0. The lowest BCUT2D eigenvalue weighted by atomic mass is 10.2. The van der Waals surface area contributed by atoms with Gasteiger partial charge >= 0.3 is 0 Å². The second-order valence-electron chi connectivity index (χ2n) is 4.31. The molecule has 1 heterocycles. The Bertz CT molecular complexity index is 598. The standard InChI is InChI=1S/C12H16N2O4S/c1-3-7-19(16,17)13-9-5-4-6-10-12(9)14(2)11(15)8-18-10/h4-6,13H,3,7-8H2,1-2H3. The van der Waals surface area contributed by atoms with E-state index in [1.807, 2.05) is 0 Å². The summed E-state index contributed by atoms with van der Waals surface area (Å²) in [7, 11) is -1.80. The highest BCUT2D eigenvalue weighted by Gasteiger charge is 2.26. The quantitative estimate of drug-likeness (QED) is 0.901. The minimum absolute atomic E-state index is 0.0331. The molecule has 0 fully saturated rings. The van der Waals surface area contributed by atoms with Crippen molar-refractivity contribution in [2.24, 2.45) is 0 Å². The molecule has 1 aliphatic heterocycles. The van der Waals surface area contributed by atoms with Crippen molar-refractivity contribution in [3.8, 4) is 5.75 Å². The van der Waals surface area contributed by atoms with Gasteiger partial charge in [0.2, 0.25) is 10.0 Å². The lowest BCUT2D eigenvalue weighted by molar-refractivity contribution is -0.120. The summed E-state index contributed by atoms with van der Waals surface area (Å²) in [5.74, 6) is 0.322. The van der Waals surface area contributed by atoms with Crippen LogP contribution in [-0.4, -0.2) is 33.7 Å². The molecule has 0 aromatic heterocycles. The van der Waals surface area contributed by atoms with Crippen molar-refractivity contribution in [2.75, 3.05) is 29.0 Å². The predicted molar refractivity (Wildman–Crippen MR) is 73.0 cm³/mol. The molecule has 1 aromatic rings. The second kappa shape index (κ2) is 5.08. The van der Waals surface area contributed by atoms with Crippen LogP contribution in [0.2, 0.25) is 0 Å². The molecule has 1 amide bonds.